The van der Waals surface area contributed by atoms with Gasteiger partial charge in [-0.1, -0.05) is 147 Å². The molecule has 0 amide bonds. The monoisotopic (exact) mass is 667 g/mol. The normalized spacial score (nSPS) is 12.4. The van der Waals surface area contributed by atoms with E-state index in [1.165, 1.54) is 33.4 Å². The highest BCUT2D eigenvalue weighted by Crippen LogP contribution is 2.39. The largest absolute Gasteiger partial charge is 0.298 e. The van der Waals surface area contributed by atoms with Gasteiger partial charge in [-0.25, -0.2) is 4.98 Å². The highest BCUT2D eigenvalue weighted by atomic mass is 15.1. The number of para-hydroxylation sites is 1. The summed E-state index contributed by atoms with van der Waals surface area (Å²) >= 11 is 0. The summed E-state index contributed by atoms with van der Waals surface area (Å²) in [6, 6.07) is 44.3. The summed E-state index contributed by atoms with van der Waals surface area (Å²) in [5.74, 6) is 0. The van der Waals surface area contributed by atoms with E-state index in [1.807, 2.05) is 12.5 Å². The van der Waals surface area contributed by atoms with Crippen molar-refractivity contribution < 1.29 is 0 Å². The molecule has 0 aliphatic carbocycles. The summed E-state index contributed by atoms with van der Waals surface area (Å²) in [5, 5.41) is 0. The van der Waals surface area contributed by atoms with Gasteiger partial charge in [0.1, 0.15) is 6.33 Å². The SMILES string of the molecule is CC(C)(C)c1ccc(-c2ccc(C(C)(C)C)cc2-n2cnc3c(-c4cc(-c5cc(-c6ccccc6)ccn5)cc(C(C)(C)C)c4)cccc32)cc1. The van der Waals surface area contributed by atoms with Crippen LogP contribution >= 0.6 is 0 Å². The highest BCUT2D eigenvalue weighted by molar-refractivity contribution is 5.95. The second-order valence-corrected chi connectivity index (χ2v) is 16.9. The number of hydrogen-bond acceptors (Lipinski definition) is 2. The van der Waals surface area contributed by atoms with E-state index in [4.69, 9.17) is 9.97 Å². The molecule has 7 rings (SSSR count). The minimum atomic E-state index is -0.0557. The van der Waals surface area contributed by atoms with Gasteiger partial charge in [0, 0.05) is 22.9 Å². The standard InChI is InChI=1S/C48H49N3/c1-46(2,3)37-20-18-33(19-21-37)40-23-22-38(47(4,5)6)30-44(40)51-31-50-45-41(16-13-17-43(45)51)35-26-36(28-39(27-35)48(7,8)9)42-29-34(24-25-49-42)32-14-11-10-12-15-32/h10-31H,1-9H3. The van der Waals surface area contributed by atoms with Gasteiger partial charge in [0.25, 0.3) is 0 Å². The fourth-order valence-electron chi connectivity index (χ4n) is 6.82. The van der Waals surface area contributed by atoms with E-state index < -0.39 is 0 Å². The first-order valence-electron chi connectivity index (χ1n) is 18.1. The van der Waals surface area contributed by atoms with Crippen molar-refractivity contribution in [2.45, 2.75) is 78.6 Å². The van der Waals surface area contributed by atoms with Crippen molar-refractivity contribution in [3.05, 3.63) is 151 Å². The molecule has 0 N–H and O–H groups in total. The predicted octanol–water partition coefficient (Wildman–Crippen LogP) is 13.0. The number of rotatable bonds is 5. The van der Waals surface area contributed by atoms with Crippen molar-refractivity contribution in [1.29, 1.82) is 0 Å². The molecule has 2 heterocycles. The predicted molar refractivity (Wildman–Crippen MR) is 217 cm³/mol. The van der Waals surface area contributed by atoms with Gasteiger partial charge in [0.05, 0.1) is 22.4 Å². The molecule has 3 nitrogen and oxygen atoms in total. The van der Waals surface area contributed by atoms with Crippen molar-refractivity contribution in [1.82, 2.24) is 14.5 Å². The third-order valence-electron chi connectivity index (χ3n) is 10.0. The van der Waals surface area contributed by atoms with Crippen LogP contribution in [-0.4, -0.2) is 14.5 Å². The smallest absolute Gasteiger partial charge is 0.100 e. The molecule has 7 aromatic rings. The molecule has 0 spiro atoms. The lowest BCUT2D eigenvalue weighted by Crippen LogP contribution is -2.12. The lowest BCUT2D eigenvalue weighted by molar-refractivity contribution is 0.589. The molecule has 0 unspecified atom stereocenters. The number of pyridine rings is 1. The maximum absolute atomic E-state index is 5.14. The Labute approximate surface area is 304 Å². The summed E-state index contributed by atoms with van der Waals surface area (Å²) in [4.78, 5) is 10.0. The number of benzene rings is 5. The Hall–Kier alpha value is -5.28. The summed E-state index contributed by atoms with van der Waals surface area (Å²) in [6.07, 6.45) is 3.92. The van der Waals surface area contributed by atoms with Gasteiger partial charge in [-0.15, -0.1) is 0 Å². The first-order valence-corrected chi connectivity index (χ1v) is 18.1. The van der Waals surface area contributed by atoms with Gasteiger partial charge in [-0.05, 0) is 91.6 Å². The van der Waals surface area contributed by atoms with Crippen molar-refractivity contribution >= 4 is 11.0 Å². The second kappa shape index (κ2) is 12.8. The summed E-state index contributed by atoms with van der Waals surface area (Å²) in [7, 11) is 0. The first-order chi connectivity index (χ1) is 24.2. The Kier molecular flexibility index (Phi) is 8.58. The number of imidazole rings is 1. The Balaban J connectivity index is 1.39. The molecule has 2 aromatic heterocycles. The average molecular weight is 668 g/mol. The molecule has 3 heteroatoms. The molecular weight excluding hydrogens is 619 g/mol. The number of fused-ring (bicyclic) bond motifs is 1. The van der Waals surface area contributed by atoms with Gasteiger partial charge < -0.3 is 0 Å². The lowest BCUT2D eigenvalue weighted by atomic mass is 9.83. The molecule has 0 bridgehead atoms. The minimum Gasteiger partial charge on any atom is -0.298 e. The van der Waals surface area contributed by atoms with Gasteiger partial charge in [-0.2, -0.15) is 0 Å². The lowest BCUT2D eigenvalue weighted by Gasteiger charge is -2.23. The maximum atomic E-state index is 5.14. The number of aromatic nitrogens is 3. The van der Waals surface area contributed by atoms with Crippen molar-refractivity contribution in [3.63, 3.8) is 0 Å². The molecule has 0 saturated heterocycles. The molecule has 0 aliphatic rings. The molecule has 256 valence electrons. The van der Waals surface area contributed by atoms with Crippen LogP contribution in [0.15, 0.2) is 134 Å². The zero-order chi connectivity index (χ0) is 36.1. The van der Waals surface area contributed by atoms with Crippen LogP contribution in [0.1, 0.15) is 79.0 Å². The van der Waals surface area contributed by atoms with Crippen molar-refractivity contribution in [2.75, 3.05) is 0 Å². The summed E-state index contributed by atoms with van der Waals surface area (Å²) < 4.78 is 2.28. The highest BCUT2D eigenvalue weighted by Gasteiger charge is 2.22. The molecule has 0 fully saturated rings. The Bertz CT molecular complexity index is 2340. The van der Waals surface area contributed by atoms with Crippen molar-refractivity contribution in [3.8, 4) is 50.3 Å². The van der Waals surface area contributed by atoms with E-state index in [-0.39, 0.29) is 16.2 Å². The molecule has 0 radical (unpaired) electrons. The zero-order valence-electron chi connectivity index (χ0n) is 31.5. The van der Waals surface area contributed by atoms with Crippen LogP contribution in [0.3, 0.4) is 0 Å². The van der Waals surface area contributed by atoms with Crippen molar-refractivity contribution in [2.24, 2.45) is 0 Å². The zero-order valence-corrected chi connectivity index (χ0v) is 31.5. The second-order valence-electron chi connectivity index (χ2n) is 16.9. The Morgan fingerprint density at radius 3 is 1.78 bits per heavy atom. The van der Waals surface area contributed by atoms with E-state index in [1.54, 1.807) is 0 Å². The molecule has 0 aliphatic heterocycles. The van der Waals surface area contributed by atoms with Crippen LogP contribution in [0.25, 0.3) is 61.4 Å². The molecule has 5 aromatic carbocycles. The van der Waals surface area contributed by atoms with Gasteiger partial charge >= 0.3 is 0 Å². The van der Waals surface area contributed by atoms with E-state index in [2.05, 4.69) is 188 Å². The van der Waals surface area contributed by atoms with Gasteiger partial charge in [0.2, 0.25) is 0 Å². The maximum Gasteiger partial charge on any atom is 0.100 e. The molecule has 0 saturated carbocycles. The van der Waals surface area contributed by atoms with E-state index in [9.17, 15) is 0 Å². The van der Waals surface area contributed by atoms with Crippen LogP contribution in [0.5, 0.6) is 0 Å². The average Bonchev–Trinajstić information content (AvgIpc) is 3.55. The number of hydrogen-bond donors (Lipinski definition) is 0. The fraction of sp³-hybridized carbons (Fsp3) is 0.250. The summed E-state index contributed by atoms with van der Waals surface area (Å²) in [5.41, 5.74) is 16.2. The number of nitrogens with zero attached hydrogens (tertiary/aromatic N) is 3. The van der Waals surface area contributed by atoms with Crippen LogP contribution < -0.4 is 0 Å². The van der Waals surface area contributed by atoms with Gasteiger partial charge in [-0.3, -0.25) is 9.55 Å². The Morgan fingerprint density at radius 2 is 1.10 bits per heavy atom. The first kappa shape index (κ1) is 34.2. The fourth-order valence-corrected chi connectivity index (χ4v) is 6.82. The van der Waals surface area contributed by atoms with Gasteiger partial charge in [0.15, 0.2) is 0 Å². The summed E-state index contributed by atoms with van der Waals surface area (Å²) in [6.45, 7) is 20.4. The third-order valence-corrected chi connectivity index (χ3v) is 10.0. The topological polar surface area (TPSA) is 30.7 Å². The molecule has 0 atom stereocenters. The van der Waals surface area contributed by atoms with Crippen LogP contribution in [0, 0.1) is 0 Å². The van der Waals surface area contributed by atoms with E-state index >= 15 is 0 Å². The Morgan fingerprint density at radius 1 is 0.431 bits per heavy atom. The third kappa shape index (κ3) is 6.90. The van der Waals surface area contributed by atoms with E-state index in [0.717, 1.165) is 44.7 Å². The molecular formula is C48H49N3. The van der Waals surface area contributed by atoms with E-state index in [0.29, 0.717) is 0 Å². The van der Waals surface area contributed by atoms with Crippen LogP contribution in [0.2, 0.25) is 0 Å². The quantitative estimate of drug-likeness (QED) is 0.183. The minimum absolute atomic E-state index is 0.000559. The molecule has 51 heavy (non-hydrogen) atoms. The van der Waals surface area contributed by atoms with Crippen LogP contribution in [-0.2, 0) is 16.2 Å². The van der Waals surface area contributed by atoms with Crippen LogP contribution in [0.4, 0.5) is 0 Å².